The molecule has 0 aliphatic heterocycles. The number of aromatic nitrogens is 1. The van der Waals surface area contributed by atoms with Crippen LogP contribution < -0.4 is 5.32 Å². The van der Waals surface area contributed by atoms with E-state index >= 15 is 0 Å². The molecule has 0 atom stereocenters. The van der Waals surface area contributed by atoms with Gasteiger partial charge in [0.25, 0.3) is 11.8 Å². The SMILES string of the molecule is CC(C)N(C)C(=O)c1ccc(CNC(=O)c2c[nH]cc2-c2ccccc2)cc1. The van der Waals surface area contributed by atoms with E-state index in [-0.39, 0.29) is 17.9 Å². The molecule has 0 radical (unpaired) electrons. The second-order valence-corrected chi connectivity index (χ2v) is 7.04. The average Bonchev–Trinajstić information content (AvgIpc) is 3.22. The maximum Gasteiger partial charge on any atom is 0.253 e. The number of H-pyrrole nitrogens is 1. The number of aromatic amines is 1. The summed E-state index contributed by atoms with van der Waals surface area (Å²) in [5, 5.41) is 2.95. The Morgan fingerprint density at radius 3 is 2.32 bits per heavy atom. The van der Waals surface area contributed by atoms with E-state index < -0.39 is 0 Å². The summed E-state index contributed by atoms with van der Waals surface area (Å²) in [5.41, 5.74) is 4.05. The molecule has 0 fully saturated rings. The van der Waals surface area contributed by atoms with Gasteiger partial charge in [-0.15, -0.1) is 0 Å². The molecule has 1 heterocycles. The van der Waals surface area contributed by atoms with Gasteiger partial charge >= 0.3 is 0 Å². The summed E-state index contributed by atoms with van der Waals surface area (Å²) in [6.45, 7) is 4.35. The van der Waals surface area contributed by atoms with Crippen molar-refractivity contribution in [2.45, 2.75) is 26.4 Å². The molecule has 3 rings (SSSR count). The quantitative estimate of drug-likeness (QED) is 0.681. The summed E-state index contributed by atoms with van der Waals surface area (Å²) in [4.78, 5) is 29.7. The lowest BCUT2D eigenvalue weighted by molar-refractivity contribution is 0.0754. The Kier molecular flexibility index (Phi) is 5.94. The summed E-state index contributed by atoms with van der Waals surface area (Å²) in [6.07, 6.45) is 3.54. The Morgan fingerprint density at radius 1 is 1.00 bits per heavy atom. The van der Waals surface area contributed by atoms with Crippen molar-refractivity contribution in [1.82, 2.24) is 15.2 Å². The maximum atomic E-state index is 12.6. The van der Waals surface area contributed by atoms with E-state index in [2.05, 4.69) is 10.3 Å². The highest BCUT2D eigenvalue weighted by atomic mass is 16.2. The summed E-state index contributed by atoms with van der Waals surface area (Å²) in [7, 11) is 1.79. The van der Waals surface area contributed by atoms with E-state index in [0.717, 1.165) is 16.7 Å². The van der Waals surface area contributed by atoms with Crippen molar-refractivity contribution in [1.29, 1.82) is 0 Å². The van der Waals surface area contributed by atoms with Crippen LogP contribution in [0.3, 0.4) is 0 Å². The van der Waals surface area contributed by atoms with Crippen LogP contribution in [0.1, 0.15) is 40.1 Å². The van der Waals surface area contributed by atoms with Crippen LogP contribution in [0.4, 0.5) is 0 Å². The lowest BCUT2D eigenvalue weighted by Crippen LogP contribution is -2.32. The molecule has 5 heteroatoms. The first kappa shape index (κ1) is 19.4. The van der Waals surface area contributed by atoms with Crippen LogP contribution in [0.25, 0.3) is 11.1 Å². The molecule has 144 valence electrons. The van der Waals surface area contributed by atoms with Crippen LogP contribution in [-0.4, -0.2) is 34.8 Å². The molecular weight excluding hydrogens is 350 g/mol. The Morgan fingerprint density at radius 2 is 1.68 bits per heavy atom. The lowest BCUT2D eigenvalue weighted by Gasteiger charge is -2.21. The summed E-state index contributed by atoms with van der Waals surface area (Å²) < 4.78 is 0. The number of carbonyl (C=O) groups excluding carboxylic acids is 2. The van der Waals surface area contributed by atoms with Gasteiger partial charge in [0.1, 0.15) is 0 Å². The highest BCUT2D eigenvalue weighted by Gasteiger charge is 2.15. The monoisotopic (exact) mass is 375 g/mol. The largest absolute Gasteiger partial charge is 0.366 e. The molecular formula is C23H25N3O2. The van der Waals surface area contributed by atoms with Gasteiger partial charge in [-0.25, -0.2) is 0 Å². The summed E-state index contributed by atoms with van der Waals surface area (Å²) in [5.74, 6) is -0.148. The van der Waals surface area contributed by atoms with Gasteiger partial charge in [0.05, 0.1) is 5.56 Å². The molecule has 0 aliphatic rings. The molecule has 3 aromatic rings. The van der Waals surface area contributed by atoms with Gasteiger partial charge in [-0.2, -0.15) is 0 Å². The molecule has 0 spiro atoms. The number of nitrogens with zero attached hydrogens (tertiary/aromatic N) is 1. The van der Waals surface area contributed by atoms with Crippen molar-refractivity contribution in [3.8, 4) is 11.1 Å². The van der Waals surface area contributed by atoms with Crippen molar-refractivity contribution >= 4 is 11.8 Å². The molecule has 0 aliphatic carbocycles. The zero-order valence-corrected chi connectivity index (χ0v) is 16.4. The number of hydrogen-bond acceptors (Lipinski definition) is 2. The second kappa shape index (κ2) is 8.57. The van der Waals surface area contributed by atoms with E-state index in [9.17, 15) is 9.59 Å². The number of nitrogens with one attached hydrogen (secondary N) is 2. The molecule has 0 unspecified atom stereocenters. The van der Waals surface area contributed by atoms with Crippen LogP contribution in [0.5, 0.6) is 0 Å². The summed E-state index contributed by atoms with van der Waals surface area (Å²) in [6, 6.07) is 17.3. The van der Waals surface area contributed by atoms with E-state index in [1.54, 1.807) is 30.3 Å². The van der Waals surface area contributed by atoms with Gasteiger partial charge in [-0.05, 0) is 37.1 Å². The van der Waals surface area contributed by atoms with Crippen LogP contribution in [0.2, 0.25) is 0 Å². The topological polar surface area (TPSA) is 65.2 Å². The van der Waals surface area contributed by atoms with Crippen molar-refractivity contribution in [2.75, 3.05) is 7.05 Å². The predicted molar refractivity (Wildman–Crippen MR) is 111 cm³/mol. The third-order valence-electron chi connectivity index (χ3n) is 4.82. The van der Waals surface area contributed by atoms with E-state index in [4.69, 9.17) is 0 Å². The molecule has 2 N–H and O–H groups in total. The van der Waals surface area contributed by atoms with Crippen molar-refractivity contribution in [3.63, 3.8) is 0 Å². The van der Waals surface area contributed by atoms with Crippen molar-refractivity contribution < 1.29 is 9.59 Å². The third-order valence-corrected chi connectivity index (χ3v) is 4.82. The molecule has 2 amide bonds. The lowest BCUT2D eigenvalue weighted by atomic mass is 10.0. The Hall–Kier alpha value is -3.34. The van der Waals surface area contributed by atoms with E-state index in [0.29, 0.717) is 17.7 Å². The highest BCUT2D eigenvalue weighted by Crippen LogP contribution is 2.23. The minimum absolute atomic E-state index is 0.00888. The Balaban J connectivity index is 1.65. The highest BCUT2D eigenvalue weighted by molar-refractivity contribution is 6.00. The standard InChI is InChI=1S/C23H25N3O2/c1-16(2)26(3)23(28)19-11-9-17(10-12-19)13-25-22(27)21-15-24-14-20(21)18-7-5-4-6-8-18/h4-12,14-16,24H,13H2,1-3H3,(H,25,27). The molecule has 5 nitrogen and oxygen atoms in total. The predicted octanol–water partition coefficient (Wildman–Crippen LogP) is 4.09. The van der Waals surface area contributed by atoms with Crippen LogP contribution in [0.15, 0.2) is 67.0 Å². The molecule has 2 aromatic carbocycles. The first-order valence-electron chi connectivity index (χ1n) is 9.34. The summed E-state index contributed by atoms with van der Waals surface area (Å²) >= 11 is 0. The van der Waals surface area contributed by atoms with Gasteiger partial charge in [0.15, 0.2) is 0 Å². The number of benzene rings is 2. The van der Waals surface area contributed by atoms with Crippen LogP contribution >= 0.6 is 0 Å². The first-order chi connectivity index (χ1) is 13.5. The van der Waals surface area contributed by atoms with E-state index in [1.165, 1.54) is 0 Å². The first-order valence-corrected chi connectivity index (χ1v) is 9.34. The van der Waals surface area contributed by atoms with E-state index in [1.807, 2.05) is 62.5 Å². The van der Waals surface area contributed by atoms with Crippen molar-refractivity contribution in [2.24, 2.45) is 0 Å². The van der Waals surface area contributed by atoms with Gasteiger partial charge in [0, 0.05) is 43.2 Å². The zero-order chi connectivity index (χ0) is 20.1. The van der Waals surface area contributed by atoms with Gasteiger partial charge < -0.3 is 15.2 Å². The third kappa shape index (κ3) is 4.31. The van der Waals surface area contributed by atoms with Gasteiger partial charge in [-0.1, -0.05) is 42.5 Å². The molecule has 0 bridgehead atoms. The maximum absolute atomic E-state index is 12.6. The zero-order valence-electron chi connectivity index (χ0n) is 16.4. The molecule has 0 saturated heterocycles. The second-order valence-electron chi connectivity index (χ2n) is 7.04. The molecule has 28 heavy (non-hydrogen) atoms. The fourth-order valence-electron chi connectivity index (χ4n) is 2.89. The van der Waals surface area contributed by atoms with Gasteiger partial charge in [0.2, 0.25) is 0 Å². The fraction of sp³-hybridized carbons (Fsp3) is 0.217. The number of carbonyl (C=O) groups is 2. The minimum Gasteiger partial charge on any atom is -0.366 e. The van der Waals surface area contributed by atoms with Crippen molar-refractivity contribution in [3.05, 3.63) is 83.7 Å². The normalized spacial score (nSPS) is 10.7. The number of rotatable bonds is 6. The van der Waals surface area contributed by atoms with Crippen LogP contribution in [0, 0.1) is 0 Å². The Bertz CT molecular complexity index is 943. The minimum atomic E-state index is -0.139. The smallest absolute Gasteiger partial charge is 0.253 e. The average molecular weight is 375 g/mol. The number of hydrogen-bond donors (Lipinski definition) is 2. The van der Waals surface area contributed by atoms with Crippen LogP contribution in [-0.2, 0) is 6.54 Å². The van der Waals surface area contributed by atoms with Gasteiger partial charge in [-0.3, -0.25) is 9.59 Å². The fourth-order valence-corrected chi connectivity index (χ4v) is 2.89. The number of amides is 2. The Labute approximate surface area is 165 Å². The molecule has 1 aromatic heterocycles. The molecule has 0 saturated carbocycles.